The summed E-state index contributed by atoms with van der Waals surface area (Å²) in [6.45, 7) is 4.72. The van der Waals surface area contributed by atoms with Crippen LogP contribution in [0.4, 0.5) is 0 Å². The first-order chi connectivity index (χ1) is 27.0. The molecule has 8 aromatic carbocycles. The highest BCUT2D eigenvalue weighted by molar-refractivity contribution is 6.00. The summed E-state index contributed by atoms with van der Waals surface area (Å²) in [5, 5.41) is 6.33. The van der Waals surface area contributed by atoms with Gasteiger partial charge in [0.25, 0.3) is 0 Å². The van der Waals surface area contributed by atoms with Crippen molar-refractivity contribution in [3.63, 3.8) is 0 Å². The van der Waals surface area contributed by atoms with Gasteiger partial charge in [0.1, 0.15) is 6.17 Å². The van der Waals surface area contributed by atoms with Crippen LogP contribution in [0.5, 0.6) is 0 Å². The van der Waals surface area contributed by atoms with Crippen LogP contribution >= 0.6 is 0 Å². The number of nitrogens with one attached hydrogen (secondary N) is 1. The molecule has 8 aromatic rings. The highest BCUT2D eigenvalue weighted by Crippen LogP contribution is 2.53. The lowest BCUT2D eigenvalue weighted by molar-refractivity contribution is 0.661. The number of benzene rings is 8. The molecule has 1 aliphatic rings. The fourth-order valence-corrected chi connectivity index (χ4v) is 8.47. The van der Waals surface area contributed by atoms with Gasteiger partial charge in [-0.05, 0) is 102 Å². The zero-order chi connectivity index (χ0) is 37.4. The van der Waals surface area contributed by atoms with E-state index in [1.165, 1.54) is 72.0 Å². The van der Waals surface area contributed by atoms with Gasteiger partial charge in [0.15, 0.2) is 0 Å². The minimum atomic E-state index is -0.401. The lowest BCUT2D eigenvalue weighted by Gasteiger charge is -2.23. The lowest BCUT2D eigenvalue weighted by Crippen LogP contribution is -2.27. The van der Waals surface area contributed by atoms with E-state index in [4.69, 9.17) is 5.73 Å². The number of rotatable bonds is 9. The molecule has 0 spiro atoms. The van der Waals surface area contributed by atoms with Gasteiger partial charge in [-0.3, -0.25) is 0 Å². The zero-order valence-electron chi connectivity index (χ0n) is 31.3. The van der Waals surface area contributed by atoms with Crippen LogP contribution in [0.25, 0.3) is 61.0 Å². The molecule has 0 aromatic heterocycles. The molecule has 1 atom stereocenters. The van der Waals surface area contributed by atoms with Crippen molar-refractivity contribution < 1.29 is 0 Å². The molecule has 55 heavy (non-hydrogen) atoms. The Morgan fingerprint density at radius 1 is 0.527 bits per heavy atom. The van der Waals surface area contributed by atoms with Crippen LogP contribution in [0.3, 0.4) is 0 Å². The van der Waals surface area contributed by atoms with Gasteiger partial charge in [-0.25, -0.2) is 0 Å². The monoisotopic (exact) mass is 708 g/mol. The molecule has 1 unspecified atom stereocenters. The standard InChI is InChI=1S/C53H44N2/c1-53(2)48-28-16-27-45(51(48)47-34-40-23-12-13-24-41(40)35-49(47)53)43-25-14-15-26-44(43)50(55-52(54)39-21-10-5-11-22-39)32-31-38-29-30-42(36-17-6-3-7-18-36)33-46(38)37-19-8-4-9-20-37/h3-30,32-35,52,55H,31,54H2,1-2H3/b50-32-. The van der Waals surface area contributed by atoms with E-state index in [1.807, 2.05) is 18.2 Å². The number of nitrogens with two attached hydrogens (primary N) is 1. The topological polar surface area (TPSA) is 38.0 Å². The van der Waals surface area contributed by atoms with Gasteiger partial charge >= 0.3 is 0 Å². The highest BCUT2D eigenvalue weighted by Gasteiger charge is 2.37. The van der Waals surface area contributed by atoms with Crippen molar-refractivity contribution in [2.75, 3.05) is 0 Å². The first-order valence-electron chi connectivity index (χ1n) is 19.2. The maximum atomic E-state index is 6.99. The van der Waals surface area contributed by atoms with Gasteiger partial charge in [0, 0.05) is 16.7 Å². The third kappa shape index (κ3) is 6.45. The molecular formula is C53H44N2. The first-order valence-corrected chi connectivity index (χ1v) is 19.2. The Kier molecular flexibility index (Phi) is 8.98. The zero-order valence-corrected chi connectivity index (χ0v) is 31.3. The molecule has 0 bridgehead atoms. The summed E-state index contributed by atoms with van der Waals surface area (Å²) >= 11 is 0. The molecule has 0 saturated carbocycles. The summed E-state index contributed by atoms with van der Waals surface area (Å²) in [5.74, 6) is 0. The van der Waals surface area contributed by atoms with Gasteiger partial charge in [0.05, 0.1) is 0 Å². The fourth-order valence-electron chi connectivity index (χ4n) is 8.47. The average Bonchev–Trinajstić information content (AvgIpc) is 3.47. The Hall–Kier alpha value is -6.48. The van der Waals surface area contributed by atoms with Crippen molar-refractivity contribution in [3.05, 3.63) is 222 Å². The summed E-state index contributed by atoms with van der Waals surface area (Å²) in [5.41, 5.74) is 23.9. The van der Waals surface area contributed by atoms with Gasteiger partial charge < -0.3 is 11.1 Å². The molecular weight excluding hydrogens is 665 g/mol. The molecule has 0 radical (unpaired) electrons. The van der Waals surface area contributed by atoms with E-state index in [0.717, 1.165) is 16.8 Å². The summed E-state index contributed by atoms with van der Waals surface area (Å²) in [4.78, 5) is 0. The third-order valence-corrected chi connectivity index (χ3v) is 11.4. The molecule has 0 fully saturated rings. The molecule has 9 rings (SSSR count). The predicted molar refractivity (Wildman–Crippen MR) is 232 cm³/mol. The van der Waals surface area contributed by atoms with E-state index in [-0.39, 0.29) is 5.41 Å². The van der Waals surface area contributed by atoms with Crippen molar-refractivity contribution in [2.45, 2.75) is 31.8 Å². The molecule has 266 valence electrons. The van der Waals surface area contributed by atoms with Crippen molar-refractivity contribution in [1.82, 2.24) is 5.32 Å². The normalized spacial score (nSPS) is 13.6. The van der Waals surface area contributed by atoms with Crippen LogP contribution in [-0.4, -0.2) is 0 Å². The largest absolute Gasteiger partial charge is 0.366 e. The summed E-state index contributed by atoms with van der Waals surface area (Å²) < 4.78 is 0. The predicted octanol–water partition coefficient (Wildman–Crippen LogP) is 13.0. The van der Waals surface area contributed by atoms with Gasteiger partial charge in [-0.1, -0.05) is 190 Å². The van der Waals surface area contributed by atoms with Gasteiger partial charge in [-0.2, -0.15) is 0 Å². The maximum absolute atomic E-state index is 6.99. The van der Waals surface area contributed by atoms with E-state index in [2.05, 4.69) is 195 Å². The Morgan fingerprint density at radius 3 is 1.89 bits per heavy atom. The minimum Gasteiger partial charge on any atom is -0.366 e. The van der Waals surface area contributed by atoms with Crippen molar-refractivity contribution in [2.24, 2.45) is 5.73 Å². The molecule has 0 heterocycles. The van der Waals surface area contributed by atoms with Crippen LogP contribution in [0.1, 0.15) is 47.8 Å². The SMILES string of the molecule is CC1(C)c2cc3ccccc3cc2-c2c(-c3ccccc3/C(=C/Cc3ccc(-c4ccccc4)cc3-c3ccccc3)NC(N)c3ccccc3)cccc21. The maximum Gasteiger partial charge on any atom is 0.101 e. The third-order valence-electron chi connectivity index (χ3n) is 11.4. The first kappa shape index (κ1) is 34.3. The Bertz CT molecular complexity index is 2670. The number of allylic oxidation sites excluding steroid dienone is 1. The van der Waals surface area contributed by atoms with E-state index >= 15 is 0 Å². The minimum absolute atomic E-state index is 0.133. The smallest absolute Gasteiger partial charge is 0.101 e. The molecule has 2 heteroatoms. The number of fused-ring (bicyclic) bond motifs is 4. The summed E-state index contributed by atoms with van der Waals surface area (Å²) in [7, 11) is 0. The Labute approximate surface area is 324 Å². The van der Waals surface area contributed by atoms with Crippen LogP contribution in [0, 0.1) is 0 Å². The summed E-state index contributed by atoms with van der Waals surface area (Å²) in [6.07, 6.45) is 2.65. The Balaban J connectivity index is 1.19. The average molecular weight is 709 g/mol. The van der Waals surface area contributed by atoms with Crippen LogP contribution < -0.4 is 11.1 Å². The number of hydrogen-bond donors (Lipinski definition) is 2. The molecule has 3 N–H and O–H groups in total. The van der Waals surface area contributed by atoms with Crippen molar-refractivity contribution in [3.8, 4) is 44.5 Å². The van der Waals surface area contributed by atoms with E-state index in [9.17, 15) is 0 Å². The van der Waals surface area contributed by atoms with E-state index < -0.39 is 6.17 Å². The van der Waals surface area contributed by atoms with Crippen molar-refractivity contribution in [1.29, 1.82) is 0 Å². The van der Waals surface area contributed by atoms with Crippen LogP contribution in [0.15, 0.2) is 194 Å². The molecule has 0 saturated heterocycles. The second kappa shape index (κ2) is 14.4. The molecule has 2 nitrogen and oxygen atoms in total. The fraction of sp³-hybridized carbons (Fsp3) is 0.0943. The lowest BCUT2D eigenvalue weighted by atomic mass is 9.81. The molecule has 0 amide bonds. The second-order valence-corrected chi connectivity index (χ2v) is 15.1. The highest BCUT2D eigenvalue weighted by atomic mass is 15.0. The van der Waals surface area contributed by atoms with Crippen molar-refractivity contribution >= 4 is 16.5 Å². The Morgan fingerprint density at radius 2 is 1.15 bits per heavy atom. The van der Waals surface area contributed by atoms with E-state index in [1.54, 1.807) is 0 Å². The summed E-state index contributed by atoms with van der Waals surface area (Å²) in [6, 6.07) is 67.7. The molecule has 0 aliphatic heterocycles. The second-order valence-electron chi connectivity index (χ2n) is 15.1. The van der Waals surface area contributed by atoms with Gasteiger partial charge in [0.2, 0.25) is 0 Å². The molecule has 1 aliphatic carbocycles. The number of hydrogen-bond acceptors (Lipinski definition) is 2. The van der Waals surface area contributed by atoms with Crippen LogP contribution in [-0.2, 0) is 11.8 Å². The van der Waals surface area contributed by atoms with E-state index in [0.29, 0.717) is 6.42 Å². The van der Waals surface area contributed by atoms with Gasteiger partial charge in [-0.15, -0.1) is 0 Å². The van der Waals surface area contributed by atoms with Crippen LogP contribution in [0.2, 0.25) is 0 Å². The quantitative estimate of drug-likeness (QED) is 0.147.